The van der Waals surface area contributed by atoms with E-state index in [-0.39, 0.29) is 0 Å². The maximum Gasteiger partial charge on any atom is 0.143 e. The second-order valence-corrected chi connectivity index (χ2v) is 27.8. The molecule has 18 aromatic carbocycles. The maximum absolute atomic E-state index is 6.70. The van der Waals surface area contributed by atoms with Crippen LogP contribution in [0.1, 0.15) is 0 Å². The first-order chi connectivity index (χ1) is 52.6. The lowest BCUT2D eigenvalue weighted by molar-refractivity contribution is 0.663. The second-order valence-electron chi connectivity index (χ2n) is 27.8. The predicted octanol–water partition coefficient (Wildman–Crippen LogP) is 29.4. The fraction of sp³-hybridized carbons (Fsp3) is 0. The van der Waals surface area contributed by atoms with Crippen molar-refractivity contribution in [3.05, 3.63) is 340 Å². The van der Waals surface area contributed by atoms with Gasteiger partial charge in [0.25, 0.3) is 0 Å². The number of rotatable bonds is 6. The van der Waals surface area contributed by atoms with Gasteiger partial charge in [0.15, 0.2) is 0 Å². The molecule has 0 amide bonds. The van der Waals surface area contributed by atoms with Crippen LogP contribution in [-0.4, -0.2) is 0 Å². The number of benzene rings is 18. The summed E-state index contributed by atoms with van der Waals surface area (Å²) in [6.07, 6.45) is 0. The molecule has 24 rings (SSSR count). The van der Waals surface area contributed by atoms with Crippen molar-refractivity contribution in [2.75, 3.05) is 0 Å². The first kappa shape index (κ1) is 58.4. The highest BCUT2D eigenvalue weighted by molar-refractivity contribution is 6.31. The molecule has 0 aliphatic heterocycles. The number of hydrogen-bond donors (Lipinski definition) is 0. The van der Waals surface area contributed by atoms with Crippen LogP contribution < -0.4 is 0 Å². The van der Waals surface area contributed by atoms with Crippen LogP contribution in [0.15, 0.2) is 366 Å². The molecular weight excluding hydrogens is 1300 g/mol. The van der Waals surface area contributed by atoms with Crippen molar-refractivity contribution in [1.29, 1.82) is 0 Å². The van der Waals surface area contributed by atoms with E-state index < -0.39 is 0 Å². The van der Waals surface area contributed by atoms with E-state index in [1.165, 1.54) is 65.3 Å². The normalized spacial score (nSPS) is 12.2. The summed E-state index contributed by atoms with van der Waals surface area (Å²) in [5, 5.41) is 22.7. The quantitative estimate of drug-likeness (QED) is 0.154. The molecule has 0 spiro atoms. The summed E-state index contributed by atoms with van der Waals surface area (Å²) in [6.45, 7) is 0. The third-order valence-electron chi connectivity index (χ3n) is 22.1. The zero-order valence-corrected chi connectivity index (χ0v) is 56.8. The molecule has 0 aliphatic rings. The summed E-state index contributed by atoms with van der Waals surface area (Å²) in [4.78, 5) is 0. The van der Waals surface area contributed by atoms with Gasteiger partial charge in [0.1, 0.15) is 67.0 Å². The lowest BCUT2D eigenvalue weighted by atomic mass is 9.85. The molecule has 0 unspecified atom stereocenters. The van der Waals surface area contributed by atoms with E-state index in [1.807, 2.05) is 54.6 Å². The van der Waals surface area contributed by atoms with Crippen molar-refractivity contribution >= 4 is 175 Å². The fourth-order valence-corrected chi connectivity index (χ4v) is 17.6. The molecule has 0 aliphatic carbocycles. The van der Waals surface area contributed by atoms with E-state index in [0.29, 0.717) is 0 Å². The van der Waals surface area contributed by atoms with Crippen molar-refractivity contribution < 1.29 is 26.5 Å². The summed E-state index contributed by atoms with van der Waals surface area (Å²) >= 11 is 0. The molecule has 6 heteroatoms. The Hall–Kier alpha value is -14.2. The van der Waals surface area contributed by atoms with E-state index >= 15 is 0 Å². The van der Waals surface area contributed by atoms with E-state index in [9.17, 15) is 0 Å². The first-order valence-electron chi connectivity index (χ1n) is 36.0. The van der Waals surface area contributed by atoms with Gasteiger partial charge in [-0.25, -0.2) is 0 Å². The number of para-hydroxylation sites is 5. The topological polar surface area (TPSA) is 78.8 Å². The van der Waals surface area contributed by atoms with E-state index in [2.05, 4.69) is 285 Å². The monoisotopic (exact) mass is 1350 g/mol. The molecule has 24 aromatic rings. The Labute approximate surface area is 604 Å². The van der Waals surface area contributed by atoms with Crippen LogP contribution in [0.5, 0.6) is 0 Å². The molecule has 6 heterocycles. The van der Waals surface area contributed by atoms with Gasteiger partial charge in [0.2, 0.25) is 0 Å². The van der Waals surface area contributed by atoms with E-state index in [4.69, 9.17) is 26.5 Å². The minimum absolute atomic E-state index is 0.849. The van der Waals surface area contributed by atoms with Gasteiger partial charge in [-0.1, -0.05) is 267 Å². The van der Waals surface area contributed by atoms with Crippen LogP contribution in [0.2, 0.25) is 0 Å². The Morgan fingerprint density at radius 3 is 0.840 bits per heavy atom. The first-order valence-corrected chi connectivity index (χ1v) is 36.0. The number of furan rings is 6. The van der Waals surface area contributed by atoms with Gasteiger partial charge in [-0.15, -0.1) is 0 Å². The van der Waals surface area contributed by atoms with Gasteiger partial charge in [0, 0.05) is 86.9 Å². The number of hydrogen-bond acceptors (Lipinski definition) is 6. The third-order valence-corrected chi connectivity index (χ3v) is 22.1. The van der Waals surface area contributed by atoms with Crippen molar-refractivity contribution in [2.24, 2.45) is 0 Å². The molecule has 492 valence electrons. The molecule has 0 saturated heterocycles. The highest BCUT2D eigenvalue weighted by Gasteiger charge is 2.26. The Kier molecular flexibility index (Phi) is 12.5. The second kappa shape index (κ2) is 22.6. The largest absolute Gasteiger partial charge is 0.456 e. The highest BCUT2D eigenvalue weighted by atomic mass is 16.4. The van der Waals surface area contributed by atoms with Crippen LogP contribution in [0.25, 0.3) is 241 Å². The molecule has 0 N–H and O–H groups in total. The SMILES string of the molecule is c1ccc(-c2cccc3c2oc2ccc4oc5cc(-c6c7ccccc7c(-c7ccc8c(c7)oc7ccccc78)c7ccccc67)ccc5c4c23)cc1.c1ccc(-c2cccc3c2oc2ccc4oc5cc(-c6c7ccccc7c(-c7cccc8c7oc7ccccc78)c7ccccc67)ccc5c4c23)cc1. The Bertz CT molecular complexity index is 7710. The zero-order chi connectivity index (χ0) is 69.2. The van der Waals surface area contributed by atoms with Crippen molar-refractivity contribution in [3.8, 4) is 66.8 Å². The van der Waals surface area contributed by atoms with Gasteiger partial charge in [-0.05, 0) is 160 Å². The van der Waals surface area contributed by atoms with Gasteiger partial charge in [-0.3, -0.25) is 0 Å². The molecule has 6 aromatic heterocycles. The summed E-state index contributed by atoms with van der Waals surface area (Å²) in [5.74, 6) is 0. The van der Waals surface area contributed by atoms with Gasteiger partial charge >= 0.3 is 0 Å². The molecule has 106 heavy (non-hydrogen) atoms. The molecule has 0 bridgehead atoms. The minimum atomic E-state index is 0.849. The smallest absolute Gasteiger partial charge is 0.143 e. The molecule has 0 radical (unpaired) electrons. The van der Waals surface area contributed by atoms with Gasteiger partial charge in [0.05, 0.1) is 0 Å². The summed E-state index contributed by atoms with van der Waals surface area (Å²) in [6, 6.07) is 120. The fourth-order valence-electron chi connectivity index (χ4n) is 17.6. The van der Waals surface area contributed by atoms with Crippen LogP contribution in [0.4, 0.5) is 0 Å². The van der Waals surface area contributed by atoms with E-state index in [0.717, 1.165) is 176 Å². The third kappa shape index (κ3) is 8.61. The predicted molar refractivity (Wildman–Crippen MR) is 439 cm³/mol. The Morgan fingerprint density at radius 1 is 0.132 bits per heavy atom. The van der Waals surface area contributed by atoms with Gasteiger partial charge in [-0.2, -0.15) is 0 Å². The summed E-state index contributed by atoms with van der Waals surface area (Å²) in [7, 11) is 0. The van der Waals surface area contributed by atoms with Crippen LogP contribution >= 0.6 is 0 Å². The average molecular weight is 1350 g/mol. The van der Waals surface area contributed by atoms with E-state index in [1.54, 1.807) is 0 Å². The standard InChI is InChI=1S/2C50H28O3/c1-2-12-29(13-3-1)31-19-10-22-40-48-43(53-49(31)40)27-26-42-47(48)38-25-24-30(28-44(38)51-42)45-33-15-4-6-17-35(33)46(36-18-7-5-16-34(36)45)39-21-11-20-37-32-14-8-9-23-41(32)52-50(37)39;1-2-11-29(12-3-1)32-18-10-19-40-49-43(53-50(32)40)26-25-42-48(49)39-24-22-31(28-45(39)52-42)47-37-16-6-4-14-35(37)46(36-15-5-7-17-38(36)47)30-21-23-34-33-13-8-9-20-41(33)51-44(34)27-30/h2*1-28H. The molecular formula is C100H56O6. The lowest BCUT2D eigenvalue weighted by Crippen LogP contribution is -1.91. The van der Waals surface area contributed by atoms with Crippen LogP contribution in [0, 0.1) is 0 Å². The molecule has 0 atom stereocenters. The highest BCUT2D eigenvalue weighted by Crippen LogP contribution is 2.52. The van der Waals surface area contributed by atoms with Crippen molar-refractivity contribution in [3.63, 3.8) is 0 Å². The van der Waals surface area contributed by atoms with Crippen molar-refractivity contribution in [2.45, 2.75) is 0 Å². The van der Waals surface area contributed by atoms with Crippen LogP contribution in [0.3, 0.4) is 0 Å². The Morgan fingerprint density at radius 2 is 0.406 bits per heavy atom. The molecule has 6 nitrogen and oxygen atoms in total. The minimum Gasteiger partial charge on any atom is -0.456 e. The summed E-state index contributed by atoms with van der Waals surface area (Å²) < 4.78 is 39.5. The molecule has 0 saturated carbocycles. The van der Waals surface area contributed by atoms with Crippen LogP contribution in [-0.2, 0) is 0 Å². The zero-order valence-electron chi connectivity index (χ0n) is 56.8. The van der Waals surface area contributed by atoms with Gasteiger partial charge < -0.3 is 26.5 Å². The maximum atomic E-state index is 6.70. The Balaban J connectivity index is 0.000000129. The summed E-state index contributed by atoms with van der Waals surface area (Å²) in [5.41, 5.74) is 24.2. The average Bonchev–Trinajstić information content (AvgIpc) is 1.33. The molecule has 0 fully saturated rings. The lowest BCUT2D eigenvalue weighted by Gasteiger charge is -2.17. The van der Waals surface area contributed by atoms with Crippen molar-refractivity contribution in [1.82, 2.24) is 0 Å². The number of fused-ring (bicyclic) bond motifs is 24.